The normalized spacial score (nSPS) is 15.2. The first-order valence-electron chi connectivity index (χ1n) is 9.33. The van der Waals surface area contributed by atoms with Crippen LogP contribution in [0, 0.1) is 6.92 Å². The molecule has 0 unspecified atom stereocenters. The van der Waals surface area contributed by atoms with Crippen LogP contribution in [0.25, 0.3) is 26.7 Å². The zero-order chi connectivity index (χ0) is 18.8. The highest BCUT2D eigenvalue weighted by Gasteiger charge is 2.22. The van der Waals surface area contributed by atoms with E-state index in [2.05, 4.69) is 29.9 Å². The number of rotatable bonds is 4. The lowest BCUT2D eigenvalue weighted by molar-refractivity contribution is 0.838. The molecule has 3 aromatic rings. The summed E-state index contributed by atoms with van der Waals surface area (Å²) in [6.45, 7) is 5.23. The largest absolute Gasteiger partial charge is 0.358 e. The van der Waals surface area contributed by atoms with Crippen molar-refractivity contribution >= 4 is 22.7 Å². The number of hydrogen-bond acceptors (Lipinski definition) is 6. The number of aryl methyl sites for hydroxylation is 1. The van der Waals surface area contributed by atoms with Crippen LogP contribution in [0.1, 0.15) is 37.6 Å². The van der Waals surface area contributed by atoms with Gasteiger partial charge in [-0.05, 0) is 37.5 Å². The second kappa shape index (κ2) is 7.56. The number of thiazole rings is 1. The summed E-state index contributed by atoms with van der Waals surface area (Å²) >= 11 is 1.65. The van der Waals surface area contributed by atoms with Crippen LogP contribution in [0.15, 0.2) is 36.8 Å². The molecule has 5 nitrogen and oxygen atoms in total. The van der Waals surface area contributed by atoms with Gasteiger partial charge in [0, 0.05) is 31.5 Å². The molecule has 0 amide bonds. The summed E-state index contributed by atoms with van der Waals surface area (Å²) in [5, 5.41) is 0.967. The maximum atomic E-state index is 5.02. The Morgan fingerprint density at radius 2 is 2.15 bits per heavy atom. The van der Waals surface area contributed by atoms with Crippen LogP contribution in [0.3, 0.4) is 0 Å². The molecule has 0 saturated heterocycles. The summed E-state index contributed by atoms with van der Waals surface area (Å²) in [6.07, 6.45) is 11.1. The molecule has 4 rings (SSSR count). The summed E-state index contributed by atoms with van der Waals surface area (Å²) in [6, 6.07) is 3.97. The van der Waals surface area contributed by atoms with Gasteiger partial charge in [0.1, 0.15) is 16.4 Å². The standard InChI is InChI=1S/C21H23N5S/c1-4-5-7-15-9-11-26(3)20-18(15)25-17(13-23-20)19-14(2)24-21(27-19)16-8-6-10-22-12-16/h6-8,10,12-13H,4-5,9,11H2,1-3H3/b15-7+. The molecule has 4 heterocycles. The molecule has 1 aliphatic heterocycles. The highest BCUT2D eigenvalue weighted by atomic mass is 32.1. The minimum Gasteiger partial charge on any atom is -0.358 e. The lowest BCUT2D eigenvalue weighted by Crippen LogP contribution is -2.26. The van der Waals surface area contributed by atoms with E-state index in [9.17, 15) is 0 Å². The smallest absolute Gasteiger partial charge is 0.154 e. The number of nitrogens with zero attached hydrogens (tertiary/aromatic N) is 5. The van der Waals surface area contributed by atoms with E-state index < -0.39 is 0 Å². The average molecular weight is 378 g/mol. The molecule has 0 aliphatic carbocycles. The molecule has 27 heavy (non-hydrogen) atoms. The molecule has 0 radical (unpaired) electrons. The van der Waals surface area contributed by atoms with Gasteiger partial charge in [-0.3, -0.25) is 4.98 Å². The van der Waals surface area contributed by atoms with E-state index in [0.717, 1.165) is 64.2 Å². The fourth-order valence-corrected chi connectivity index (χ4v) is 4.27. The fourth-order valence-electron chi connectivity index (χ4n) is 3.26. The molecule has 0 aromatic carbocycles. The van der Waals surface area contributed by atoms with Crippen molar-refractivity contribution in [2.75, 3.05) is 18.5 Å². The zero-order valence-corrected chi connectivity index (χ0v) is 16.8. The Balaban J connectivity index is 1.77. The summed E-state index contributed by atoms with van der Waals surface area (Å²) in [5.41, 5.74) is 5.25. The Labute approximate surface area is 163 Å². The van der Waals surface area contributed by atoms with Crippen LogP contribution < -0.4 is 4.90 Å². The number of aromatic nitrogens is 4. The van der Waals surface area contributed by atoms with Gasteiger partial charge in [0.25, 0.3) is 0 Å². The van der Waals surface area contributed by atoms with Crippen LogP contribution >= 0.6 is 11.3 Å². The molecular weight excluding hydrogens is 354 g/mol. The number of fused-ring (bicyclic) bond motifs is 1. The Morgan fingerprint density at radius 3 is 2.93 bits per heavy atom. The van der Waals surface area contributed by atoms with Crippen LogP contribution in [-0.2, 0) is 0 Å². The second-order valence-corrected chi connectivity index (χ2v) is 7.79. The molecule has 0 fully saturated rings. The van der Waals surface area contributed by atoms with Crippen molar-refractivity contribution in [3.05, 3.63) is 48.2 Å². The first kappa shape index (κ1) is 17.8. The minimum absolute atomic E-state index is 0.900. The van der Waals surface area contributed by atoms with Crippen molar-refractivity contribution in [1.82, 2.24) is 19.9 Å². The van der Waals surface area contributed by atoms with Crippen molar-refractivity contribution in [3.63, 3.8) is 0 Å². The van der Waals surface area contributed by atoms with E-state index in [4.69, 9.17) is 15.0 Å². The molecule has 0 N–H and O–H groups in total. The zero-order valence-electron chi connectivity index (χ0n) is 15.9. The van der Waals surface area contributed by atoms with E-state index in [1.54, 1.807) is 17.5 Å². The van der Waals surface area contributed by atoms with Crippen LogP contribution in [0.2, 0.25) is 0 Å². The summed E-state index contributed by atoms with van der Waals surface area (Å²) in [7, 11) is 2.09. The minimum atomic E-state index is 0.900. The maximum absolute atomic E-state index is 5.02. The Hall–Kier alpha value is -2.60. The monoisotopic (exact) mass is 377 g/mol. The van der Waals surface area contributed by atoms with Gasteiger partial charge in [-0.1, -0.05) is 19.4 Å². The highest BCUT2D eigenvalue weighted by molar-refractivity contribution is 7.18. The van der Waals surface area contributed by atoms with Gasteiger partial charge in [0.2, 0.25) is 0 Å². The first-order valence-corrected chi connectivity index (χ1v) is 10.1. The third-order valence-corrected chi connectivity index (χ3v) is 5.98. The third-order valence-electron chi connectivity index (χ3n) is 4.75. The molecule has 3 aromatic heterocycles. The van der Waals surface area contributed by atoms with E-state index in [-0.39, 0.29) is 0 Å². The maximum Gasteiger partial charge on any atom is 0.154 e. The Bertz CT molecular complexity index is 977. The van der Waals surface area contributed by atoms with E-state index in [1.807, 2.05) is 31.5 Å². The number of pyridine rings is 1. The van der Waals surface area contributed by atoms with Crippen molar-refractivity contribution in [2.24, 2.45) is 0 Å². The number of unbranched alkanes of at least 4 members (excludes halogenated alkanes) is 1. The van der Waals surface area contributed by atoms with Crippen molar-refractivity contribution < 1.29 is 0 Å². The topological polar surface area (TPSA) is 54.8 Å². The van der Waals surface area contributed by atoms with Gasteiger partial charge >= 0.3 is 0 Å². The van der Waals surface area contributed by atoms with Gasteiger partial charge in [0.15, 0.2) is 5.82 Å². The lowest BCUT2D eigenvalue weighted by atomic mass is 10.0. The van der Waals surface area contributed by atoms with Gasteiger partial charge in [-0.25, -0.2) is 15.0 Å². The van der Waals surface area contributed by atoms with Crippen LogP contribution in [-0.4, -0.2) is 33.5 Å². The van der Waals surface area contributed by atoms with E-state index >= 15 is 0 Å². The predicted molar refractivity (Wildman–Crippen MR) is 112 cm³/mol. The van der Waals surface area contributed by atoms with Crippen LogP contribution in [0.4, 0.5) is 5.82 Å². The molecule has 138 valence electrons. The van der Waals surface area contributed by atoms with Gasteiger partial charge in [0.05, 0.1) is 16.8 Å². The van der Waals surface area contributed by atoms with Crippen molar-refractivity contribution in [1.29, 1.82) is 0 Å². The molecule has 0 saturated carbocycles. The fraction of sp³-hybridized carbons (Fsp3) is 0.333. The SMILES string of the molecule is CCC/C=C1\CCN(C)c2ncc(-c3sc(-c4cccnc4)nc3C)nc21. The average Bonchev–Trinajstić information content (AvgIpc) is 3.10. The molecule has 0 spiro atoms. The van der Waals surface area contributed by atoms with E-state index in [1.165, 1.54) is 5.57 Å². The van der Waals surface area contributed by atoms with Gasteiger partial charge in [-0.15, -0.1) is 11.3 Å². The van der Waals surface area contributed by atoms with Crippen LogP contribution in [0.5, 0.6) is 0 Å². The first-order chi connectivity index (χ1) is 13.2. The summed E-state index contributed by atoms with van der Waals surface area (Å²) in [4.78, 5) is 22.0. The van der Waals surface area contributed by atoms with Gasteiger partial charge in [-0.2, -0.15) is 0 Å². The Morgan fingerprint density at radius 1 is 1.26 bits per heavy atom. The van der Waals surface area contributed by atoms with Gasteiger partial charge < -0.3 is 4.90 Å². The molecule has 0 atom stereocenters. The van der Waals surface area contributed by atoms with E-state index in [0.29, 0.717) is 0 Å². The molecular formula is C21H23N5S. The lowest BCUT2D eigenvalue weighted by Gasteiger charge is -2.27. The number of allylic oxidation sites excluding steroid dienone is 1. The molecule has 6 heteroatoms. The molecule has 0 bridgehead atoms. The quantitative estimate of drug-likeness (QED) is 0.641. The second-order valence-electron chi connectivity index (χ2n) is 6.79. The third kappa shape index (κ3) is 3.49. The highest BCUT2D eigenvalue weighted by Crippen LogP contribution is 2.37. The van der Waals surface area contributed by atoms with Crippen molar-refractivity contribution in [3.8, 4) is 21.1 Å². The number of anilines is 1. The number of hydrogen-bond donors (Lipinski definition) is 0. The summed E-state index contributed by atoms with van der Waals surface area (Å²) < 4.78 is 0. The predicted octanol–water partition coefficient (Wildman–Crippen LogP) is 4.99. The van der Waals surface area contributed by atoms with Crippen molar-refractivity contribution in [2.45, 2.75) is 33.1 Å². The Kier molecular flexibility index (Phi) is 4.99. The molecule has 1 aliphatic rings. The summed E-state index contributed by atoms with van der Waals surface area (Å²) in [5.74, 6) is 0.974.